The quantitative estimate of drug-likeness (QED) is 0.539. The molecule has 0 aliphatic carbocycles. The van der Waals surface area contributed by atoms with Gasteiger partial charge >= 0.3 is 6.09 Å². The lowest BCUT2D eigenvalue weighted by Crippen LogP contribution is -2.51. The topological polar surface area (TPSA) is 77.5 Å². The Hall–Kier alpha value is -2.77. The van der Waals surface area contributed by atoms with E-state index in [1.165, 1.54) is 5.56 Å². The van der Waals surface area contributed by atoms with Crippen molar-refractivity contribution in [2.45, 2.75) is 38.6 Å². The maximum Gasteiger partial charge on any atom is 0.409 e. The molecule has 8 heteroatoms. The van der Waals surface area contributed by atoms with Crippen molar-refractivity contribution in [2.75, 3.05) is 53.4 Å². The number of hydrogen-bond acceptors (Lipinski definition) is 4. The zero-order valence-corrected chi connectivity index (χ0v) is 19.6. The molecule has 8 nitrogen and oxygen atoms in total. The maximum absolute atomic E-state index is 12.2. The highest BCUT2D eigenvalue weighted by atomic mass is 16.6. The van der Waals surface area contributed by atoms with Crippen LogP contribution in [0.15, 0.2) is 35.3 Å². The number of carbonyl (C=O) groups is 2. The zero-order valence-electron chi connectivity index (χ0n) is 19.6. The molecule has 1 unspecified atom stereocenters. The summed E-state index contributed by atoms with van der Waals surface area (Å²) in [6, 6.07) is 10.8. The minimum Gasteiger partial charge on any atom is -0.450 e. The molecule has 2 saturated heterocycles. The molecule has 2 heterocycles. The van der Waals surface area contributed by atoms with E-state index in [2.05, 4.69) is 39.5 Å². The van der Waals surface area contributed by atoms with E-state index in [1.807, 2.05) is 13.0 Å². The first kappa shape index (κ1) is 23.9. The summed E-state index contributed by atoms with van der Waals surface area (Å²) in [6.07, 6.45) is 3.60. The highest BCUT2D eigenvalue weighted by Crippen LogP contribution is 2.21. The van der Waals surface area contributed by atoms with E-state index in [-0.39, 0.29) is 24.6 Å². The van der Waals surface area contributed by atoms with Gasteiger partial charge in [-0.1, -0.05) is 30.3 Å². The van der Waals surface area contributed by atoms with Gasteiger partial charge in [-0.15, -0.1) is 0 Å². The second kappa shape index (κ2) is 11.7. The number of rotatable bonds is 6. The number of piperidine rings is 1. The largest absolute Gasteiger partial charge is 0.450 e. The standard InChI is InChI=1S/C24H37N5O3/c1-4-32-24(31)28-14-11-21(12-15-28)26-23(25-17-22(30)27(2)3)29-13-10-20(18-29)16-19-8-6-5-7-9-19/h5-9,20-21H,4,10-18H2,1-3H3,(H,25,26). The van der Waals surface area contributed by atoms with Gasteiger partial charge in [0.15, 0.2) is 5.96 Å². The first-order chi connectivity index (χ1) is 15.5. The molecular formula is C24H37N5O3. The van der Waals surface area contributed by atoms with Gasteiger partial charge < -0.3 is 24.8 Å². The minimum atomic E-state index is -0.236. The van der Waals surface area contributed by atoms with Crippen LogP contribution in [0, 0.1) is 5.92 Å². The smallest absolute Gasteiger partial charge is 0.409 e. The molecule has 1 aromatic carbocycles. The third-order valence-electron chi connectivity index (χ3n) is 6.17. The summed E-state index contributed by atoms with van der Waals surface area (Å²) in [5, 5.41) is 3.59. The lowest BCUT2D eigenvalue weighted by atomic mass is 9.99. The average molecular weight is 444 g/mol. The predicted octanol–water partition coefficient (Wildman–Crippen LogP) is 2.21. The number of hydrogen-bond donors (Lipinski definition) is 1. The number of ether oxygens (including phenoxy) is 1. The normalized spacial score (nSPS) is 19.7. The van der Waals surface area contributed by atoms with Crippen LogP contribution in [0.4, 0.5) is 4.79 Å². The number of likely N-dealkylation sites (N-methyl/N-ethyl adjacent to an activating group) is 1. The molecule has 1 aromatic rings. The van der Waals surface area contributed by atoms with Crippen LogP contribution in [0.25, 0.3) is 0 Å². The Morgan fingerprint density at radius 1 is 1.09 bits per heavy atom. The van der Waals surface area contributed by atoms with Crippen molar-refractivity contribution in [3.8, 4) is 0 Å². The molecule has 176 valence electrons. The van der Waals surface area contributed by atoms with Crippen LogP contribution in [0.3, 0.4) is 0 Å². The van der Waals surface area contributed by atoms with E-state index in [0.717, 1.165) is 44.7 Å². The molecule has 0 spiro atoms. The van der Waals surface area contributed by atoms with E-state index in [9.17, 15) is 9.59 Å². The molecule has 2 fully saturated rings. The van der Waals surface area contributed by atoms with Crippen LogP contribution in [0.2, 0.25) is 0 Å². The molecular weight excluding hydrogens is 406 g/mol. The van der Waals surface area contributed by atoms with Crippen LogP contribution in [-0.4, -0.2) is 92.1 Å². The summed E-state index contributed by atoms with van der Waals surface area (Å²) < 4.78 is 5.12. The van der Waals surface area contributed by atoms with Gasteiger partial charge in [0.2, 0.25) is 5.91 Å². The number of benzene rings is 1. The van der Waals surface area contributed by atoms with Gasteiger partial charge in [0, 0.05) is 46.3 Å². The summed E-state index contributed by atoms with van der Waals surface area (Å²) in [7, 11) is 3.50. The minimum absolute atomic E-state index is 0.0125. The molecule has 1 atom stereocenters. The number of nitrogens with one attached hydrogen (secondary N) is 1. The lowest BCUT2D eigenvalue weighted by molar-refractivity contribution is -0.127. The molecule has 0 radical (unpaired) electrons. The third-order valence-corrected chi connectivity index (χ3v) is 6.17. The fourth-order valence-electron chi connectivity index (χ4n) is 4.26. The summed E-state index contributed by atoms with van der Waals surface area (Å²) in [5.41, 5.74) is 1.36. The average Bonchev–Trinajstić information content (AvgIpc) is 3.25. The highest BCUT2D eigenvalue weighted by molar-refractivity contribution is 5.85. The van der Waals surface area contributed by atoms with E-state index in [4.69, 9.17) is 4.74 Å². The number of amides is 2. The van der Waals surface area contributed by atoms with E-state index in [1.54, 1.807) is 23.9 Å². The first-order valence-electron chi connectivity index (χ1n) is 11.7. The molecule has 2 aliphatic heterocycles. The van der Waals surface area contributed by atoms with Gasteiger partial charge in [-0.2, -0.15) is 0 Å². The Bertz CT molecular complexity index is 775. The number of nitrogens with zero attached hydrogens (tertiary/aromatic N) is 4. The molecule has 32 heavy (non-hydrogen) atoms. The fraction of sp³-hybridized carbons (Fsp3) is 0.625. The van der Waals surface area contributed by atoms with Crippen molar-refractivity contribution in [1.82, 2.24) is 20.0 Å². The van der Waals surface area contributed by atoms with E-state index < -0.39 is 0 Å². The fourth-order valence-corrected chi connectivity index (χ4v) is 4.26. The SMILES string of the molecule is CCOC(=O)N1CCC(NC(=NCC(=O)N(C)C)N2CCC(Cc3ccccc3)C2)CC1. The van der Waals surface area contributed by atoms with Crippen molar-refractivity contribution < 1.29 is 14.3 Å². The Balaban J connectivity index is 1.60. The second-order valence-electron chi connectivity index (χ2n) is 8.82. The first-order valence-corrected chi connectivity index (χ1v) is 11.7. The van der Waals surface area contributed by atoms with Crippen LogP contribution in [0.1, 0.15) is 31.7 Å². The van der Waals surface area contributed by atoms with Gasteiger partial charge in [-0.3, -0.25) is 4.79 Å². The van der Waals surface area contributed by atoms with Gasteiger partial charge in [0.05, 0.1) is 6.61 Å². The van der Waals surface area contributed by atoms with E-state index >= 15 is 0 Å². The Morgan fingerprint density at radius 3 is 2.44 bits per heavy atom. The van der Waals surface area contributed by atoms with Crippen LogP contribution >= 0.6 is 0 Å². The van der Waals surface area contributed by atoms with Crippen LogP contribution in [0.5, 0.6) is 0 Å². The van der Waals surface area contributed by atoms with Crippen molar-refractivity contribution >= 4 is 18.0 Å². The van der Waals surface area contributed by atoms with Gasteiger partial charge in [-0.05, 0) is 44.1 Å². The summed E-state index contributed by atoms with van der Waals surface area (Å²) in [5.74, 6) is 1.37. The lowest BCUT2D eigenvalue weighted by Gasteiger charge is -2.34. The van der Waals surface area contributed by atoms with Gasteiger partial charge in [-0.25, -0.2) is 9.79 Å². The van der Waals surface area contributed by atoms with Crippen LogP contribution < -0.4 is 5.32 Å². The molecule has 1 N–H and O–H groups in total. The molecule has 0 aromatic heterocycles. The molecule has 2 aliphatic rings. The third kappa shape index (κ3) is 6.87. The second-order valence-corrected chi connectivity index (χ2v) is 8.82. The monoisotopic (exact) mass is 443 g/mol. The number of likely N-dealkylation sites (tertiary alicyclic amines) is 2. The molecule has 0 saturated carbocycles. The zero-order chi connectivity index (χ0) is 22.9. The van der Waals surface area contributed by atoms with E-state index in [0.29, 0.717) is 25.6 Å². The summed E-state index contributed by atoms with van der Waals surface area (Å²) >= 11 is 0. The number of guanidine groups is 1. The Kier molecular flexibility index (Phi) is 8.76. The number of aliphatic imine (C=N–C) groups is 1. The van der Waals surface area contributed by atoms with Crippen molar-refractivity contribution in [3.63, 3.8) is 0 Å². The van der Waals surface area contributed by atoms with Gasteiger partial charge in [0.1, 0.15) is 6.54 Å². The number of carbonyl (C=O) groups excluding carboxylic acids is 2. The molecule has 0 bridgehead atoms. The Morgan fingerprint density at radius 2 is 1.78 bits per heavy atom. The van der Waals surface area contributed by atoms with Crippen LogP contribution in [-0.2, 0) is 16.0 Å². The van der Waals surface area contributed by atoms with Crippen molar-refractivity contribution in [2.24, 2.45) is 10.9 Å². The van der Waals surface area contributed by atoms with Gasteiger partial charge in [0.25, 0.3) is 0 Å². The maximum atomic E-state index is 12.2. The molecule has 2 amide bonds. The summed E-state index contributed by atoms with van der Waals surface area (Å²) in [4.78, 5) is 34.4. The van der Waals surface area contributed by atoms with Crippen molar-refractivity contribution in [1.29, 1.82) is 0 Å². The predicted molar refractivity (Wildman–Crippen MR) is 126 cm³/mol. The highest BCUT2D eigenvalue weighted by Gasteiger charge is 2.29. The Labute approximate surface area is 191 Å². The van der Waals surface area contributed by atoms with Crippen molar-refractivity contribution in [3.05, 3.63) is 35.9 Å². The molecule has 3 rings (SSSR count). The summed E-state index contributed by atoms with van der Waals surface area (Å²) in [6.45, 7) is 5.54.